The van der Waals surface area contributed by atoms with E-state index < -0.39 is 58.7 Å². The van der Waals surface area contributed by atoms with Gasteiger partial charge in [-0.05, 0) is 45.9 Å². The monoisotopic (exact) mass is 468 g/mol. The van der Waals surface area contributed by atoms with Crippen LogP contribution in [0.5, 0.6) is 0 Å². The Morgan fingerprint density at radius 2 is 1.97 bits per heavy atom. The Hall–Kier alpha value is -3.53. The van der Waals surface area contributed by atoms with Crippen LogP contribution in [0.3, 0.4) is 0 Å². The molecule has 2 N–H and O–H groups in total. The standard InChI is InChI=1S/C24H25FN4O5/c1-12-10-16(28-34-12)26-20(30)17-15-8-9-24(33-15)18(17)22(32)29(14-7-5-6-13(25)11-14)19(24)21(31)27-23(2,3)4/h5-11,15,17-19H,1-4H3,(H,27,31)(H,26,28,30)/t15-,17+,18-,19+,24-/m0/s1. The highest BCUT2D eigenvalue weighted by molar-refractivity contribution is 6.11. The van der Waals surface area contributed by atoms with Crippen LogP contribution in [0.2, 0.25) is 0 Å². The fraction of sp³-hybridized carbons (Fsp3) is 0.417. The van der Waals surface area contributed by atoms with Crippen molar-refractivity contribution < 1.29 is 28.0 Å². The third-order valence-corrected chi connectivity index (χ3v) is 6.29. The largest absolute Gasteiger partial charge is 0.360 e. The van der Waals surface area contributed by atoms with Crippen molar-refractivity contribution in [2.75, 3.05) is 10.2 Å². The second-order valence-electron chi connectivity index (χ2n) is 9.94. The van der Waals surface area contributed by atoms with Gasteiger partial charge in [-0.1, -0.05) is 23.4 Å². The Bertz CT molecular complexity index is 1220. The van der Waals surface area contributed by atoms with Gasteiger partial charge in [-0.3, -0.25) is 19.3 Å². The van der Waals surface area contributed by atoms with Crippen LogP contribution in [0.1, 0.15) is 26.5 Å². The van der Waals surface area contributed by atoms with Crippen LogP contribution in [0, 0.1) is 24.6 Å². The maximum atomic E-state index is 14.1. The number of aryl methyl sites for hydroxylation is 1. The summed E-state index contributed by atoms with van der Waals surface area (Å²) in [6, 6.07) is 5.90. The van der Waals surface area contributed by atoms with Gasteiger partial charge < -0.3 is 19.9 Å². The number of nitrogens with one attached hydrogen (secondary N) is 2. The van der Waals surface area contributed by atoms with Crippen molar-refractivity contribution in [2.24, 2.45) is 11.8 Å². The number of rotatable bonds is 4. The van der Waals surface area contributed by atoms with E-state index in [1.807, 2.05) is 20.8 Å². The predicted molar refractivity (Wildman–Crippen MR) is 119 cm³/mol. The number of hydrogen-bond donors (Lipinski definition) is 2. The quantitative estimate of drug-likeness (QED) is 0.666. The van der Waals surface area contributed by atoms with E-state index in [0.717, 1.165) is 0 Å². The highest BCUT2D eigenvalue weighted by atomic mass is 19.1. The number of aromatic nitrogens is 1. The predicted octanol–water partition coefficient (Wildman–Crippen LogP) is 2.33. The first-order chi connectivity index (χ1) is 16.0. The van der Waals surface area contributed by atoms with Gasteiger partial charge in [0.25, 0.3) is 0 Å². The van der Waals surface area contributed by atoms with Gasteiger partial charge in [-0.2, -0.15) is 0 Å². The maximum absolute atomic E-state index is 14.1. The molecule has 4 heterocycles. The van der Waals surface area contributed by atoms with Crippen LogP contribution in [-0.2, 0) is 19.1 Å². The molecule has 3 aliphatic rings. The molecule has 1 aromatic heterocycles. The van der Waals surface area contributed by atoms with Crippen molar-refractivity contribution in [3.63, 3.8) is 0 Å². The Morgan fingerprint density at radius 1 is 1.21 bits per heavy atom. The SMILES string of the molecule is Cc1cc(NC(=O)[C@@H]2[C@@H]3C=C[C@]4(O3)[C@@H]2C(=O)N(c2cccc(F)c2)[C@@H]4C(=O)NC(C)(C)C)no1. The van der Waals surface area contributed by atoms with Crippen LogP contribution >= 0.6 is 0 Å². The van der Waals surface area contributed by atoms with Crippen molar-refractivity contribution >= 4 is 29.2 Å². The summed E-state index contributed by atoms with van der Waals surface area (Å²) in [7, 11) is 0. The zero-order valence-corrected chi connectivity index (χ0v) is 19.2. The number of carbonyl (C=O) groups is 3. The van der Waals surface area contributed by atoms with Crippen LogP contribution in [0.15, 0.2) is 47.0 Å². The van der Waals surface area contributed by atoms with Crippen LogP contribution in [-0.4, -0.2) is 46.2 Å². The van der Waals surface area contributed by atoms with Gasteiger partial charge in [0.1, 0.15) is 23.2 Å². The molecule has 34 heavy (non-hydrogen) atoms. The molecule has 2 fully saturated rings. The number of fused-ring (bicyclic) bond motifs is 1. The Labute approximate surface area is 195 Å². The highest BCUT2D eigenvalue weighted by Gasteiger charge is 2.73. The molecule has 3 aliphatic heterocycles. The van der Waals surface area contributed by atoms with E-state index in [1.54, 1.807) is 31.2 Å². The lowest BCUT2D eigenvalue weighted by Crippen LogP contribution is -2.58. The van der Waals surface area contributed by atoms with Crippen molar-refractivity contribution in [1.29, 1.82) is 0 Å². The minimum atomic E-state index is -1.37. The lowest BCUT2D eigenvalue weighted by atomic mass is 9.74. The minimum absolute atomic E-state index is 0.217. The third kappa shape index (κ3) is 3.40. The molecule has 1 aromatic carbocycles. The lowest BCUT2D eigenvalue weighted by molar-refractivity contribution is -0.129. The summed E-state index contributed by atoms with van der Waals surface area (Å²) in [5.74, 6) is -3.10. The number of carbonyl (C=O) groups excluding carboxylic acids is 3. The average Bonchev–Trinajstić information content (AvgIpc) is 3.47. The average molecular weight is 468 g/mol. The number of anilines is 2. The normalized spacial score (nSPS) is 29.4. The summed E-state index contributed by atoms with van der Waals surface area (Å²) in [5.41, 5.74) is -1.75. The molecule has 9 nitrogen and oxygen atoms in total. The number of nitrogens with zero attached hydrogens (tertiary/aromatic N) is 2. The van der Waals surface area contributed by atoms with Gasteiger partial charge >= 0.3 is 0 Å². The molecule has 0 saturated carbocycles. The first-order valence-corrected chi connectivity index (χ1v) is 11.0. The number of benzene rings is 1. The smallest absolute Gasteiger partial charge is 0.246 e. The molecular weight excluding hydrogens is 443 g/mol. The van der Waals surface area contributed by atoms with E-state index in [4.69, 9.17) is 9.26 Å². The summed E-state index contributed by atoms with van der Waals surface area (Å²) in [6.07, 6.45) is 2.70. The zero-order valence-electron chi connectivity index (χ0n) is 19.2. The molecule has 3 amide bonds. The first-order valence-electron chi connectivity index (χ1n) is 11.0. The van der Waals surface area contributed by atoms with E-state index in [9.17, 15) is 18.8 Å². The Balaban J connectivity index is 1.56. The molecule has 2 saturated heterocycles. The highest BCUT2D eigenvalue weighted by Crippen LogP contribution is 2.56. The number of halogens is 1. The summed E-state index contributed by atoms with van der Waals surface area (Å²) in [6.45, 7) is 7.16. The van der Waals surface area contributed by atoms with E-state index in [2.05, 4.69) is 15.8 Å². The van der Waals surface area contributed by atoms with E-state index in [0.29, 0.717) is 5.76 Å². The van der Waals surface area contributed by atoms with Gasteiger partial charge in [0.05, 0.1) is 17.9 Å². The lowest BCUT2D eigenvalue weighted by Gasteiger charge is -2.34. The summed E-state index contributed by atoms with van der Waals surface area (Å²) < 4.78 is 25.3. The molecular formula is C24H25FN4O5. The van der Waals surface area contributed by atoms with E-state index in [-0.39, 0.29) is 11.5 Å². The van der Waals surface area contributed by atoms with Gasteiger partial charge in [-0.25, -0.2) is 4.39 Å². The minimum Gasteiger partial charge on any atom is -0.360 e. The topological polar surface area (TPSA) is 114 Å². The molecule has 5 atom stereocenters. The van der Waals surface area contributed by atoms with Crippen LogP contribution in [0.25, 0.3) is 0 Å². The number of ether oxygens (including phenoxy) is 1. The van der Waals surface area contributed by atoms with E-state index >= 15 is 0 Å². The maximum Gasteiger partial charge on any atom is 0.246 e. The van der Waals surface area contributed by atoms with Crippen LogP contribution in [0.4, 0.5) is 15.9 Å². The van der Waals surface area contributed by atoms with Crippen molar-refractivity contribution in [3.05, 3.63) is 54.1 Å². The first kappa shape index (κ1) is 22.3. The second-order valence-corrected chi connectivity index (χ2v) is 9.94. The summed E-state index contributed by atoms with van der Waals surface area (Å²) in [4.78, 5) is 41.9. The zero-order chi connectivity index (χ0) is 24.4. The fourth-order valence-electron chi connectivity index (χ4n) is 5.15. The van der Waals surface area contributed by atoms with Gasteiger partial charge in [0.15, 0.2) is 5.82 Å². The van der Waals surface area contributed by atoms with Gasteiger partial charge in [0.2, 0.25) is 17.7 Å². The summed E-state index contributed by atoms with van der Waals surface area (Å²) in [5, 5.41) is 9.37. The number of amides is 3. The number of hydrogen-bond acceptors (Lipinski definition) is 6. The van der Waals surface area contributed by atoms with Crippen molar-refractivity contribution in [1.82, 2.24) is 10.5 Å². The molecule has 10 heteroatoms. The Morgan fingerprint density at radius 3 is 2.62 bits per heavy atom. The van der Waals surface area contributed by atoms with Crippen LogP contribution < -0.4 is 15.5 Å². The second kappa shape index (κ2) is 7.49. The fourth-order valence-corrected chi connectivity index (χ4v) is 5.15. The van der Waals surface area contributed by atoms with Gasteiger partial charge in [-0.15, -0.1) is 0 Å². The molecule has 5 rings (SSSR count). The Kier molecular flexibility index (Phi) is 4.91. The molecule has 178 valence electrons. The molecule has 2 aromatic rings. The molecule has 0 radical (unpaired) electrons. The third-order valence-electron chi connectivity index (χ3n) is 6.29. The molecule has 1 spiro atoms. The summed E-state index contributed by atoms with van der Waals surface area (Å²) >= 11 is 0. The van der Waals surface area contributed by atoms with Crippen molar-refractivity contribution in [3.8, 4) is 0 Å². The van der Waals surface area contributed by atoms with Crippen molar-refractivity contribution in [2.45, 2.75) is 51.0 Å². The molecule has 0 unspecified atom stereocenters. The van der Waals surface area contributed by atoms with E-state index in [1.165, 1.54) is 23.1 Å². The van der Waals surface area contributed by atoms with Gasteiger partial charge in [0, 0.05) is 17.3 Å². The molecule has 0 aliphatic carbocycles. The molecule has 2 bridgehead atoms.